The number of carbonyl (C=O) groups excluding carboxylic acids is 1. The number of carbonyl (C=O) groups is 2. The number of nitrogens with two attached hydrogens (primary N) is 2. The number of ether oxygens (including phenoxy) is 6. The van der Waals surface area contributed by atoms with E-state index in [0.717, 1.165) is 0 Å². The van der Waals surface area contributed by atoms with E-state index in [1.807, 2.05) is 0 Å². The second kappa shape index (κ2) is 14.0. The van der Waals surface area contributed by atoms with Crippen molar-refractivity contribution in [3.05, 3.63) is 41.0 Å². The van der Waals surface area contributed by atoms with Gasteiger partial charge in [0.2, 0.25) is 12.0 Å². The van der Waals surface area contributed by atoms with Crippen molar-refractivity contribution >= 4 is 17.9 Å². The summed E-state index contributed by atoms with van der Waals surface area (Å²) in [6.07, 6.45) is -7.14. The highest BCUT2D eigenvalue weighted by Gasteiger charge is 2.56. The van der Waals surface area contributed by atoms with E-state index in [1.54, 1.807) is 0 Å². The number of hydrogen-bond acceptors (Lipinski definition) is 13. The predicted molar refractivity (Wildman–Crippen MR) is 158 cm³/mol. The molecule has 0 spiro atoms. The molecule has 2 aromatic rings. The summed E-state index contributed by atoms with van der Waals surface area (Å²) < 4.78 is 32.8. The number of aliphatic imine (C=N–C) groups is 1. The predicted octanol–water partition coefficient (Wildman–Crippen LogP) is -0.488. The molecule has 9 N–H and O–H groups in total. The van der Waals surface area contributed by atoms with Crippen LogP contribution in [0.3, 0.4) is 0 Å². The SMILES string of the molecule is COc1cc(C(=O)OC[C@@H]2O[C@H]3Oc4c(cc(C(=O)O)cc4OC)CC[C@@H](N=C(N)N)C#CC[C@@](O)([C@@H]2O)[C@H]3O)cc(OC)c1O. The number of aromatic hydroxyl groups is 1. The Balaban J connectivity index is 1.72. The second-order valence-corrected chi connectivity index (χ2v) is 10.4. The number of fused-ring (bicyclic) bond motifs is 3. The van der Waals surface area contributed by atoms with Crippen LogP contribution < -0.4 is 30.4 Å². The van der Waals surface area contributed by atoms with Crippen molar-refractivity contribution in [1.29, 1.82) is 0 Å². The number of guanidine groups is 1. The number of aromatic carboxylic acids is 1. The summed E-state index contributed by atoms with van der Waals surface area (Å²) in [6.45, 7) is -0.646. The van der Waals surface area contributed by atoms with E-state index in [2.05, 4.69) is 16.8 Å². The summed E-state index contributed by atoms with van der Waals surface area (Å²) in [6, 6.07) is 4.14. The number of nitrogens with zero attached hydrogens (tertiary/aromatic N) is 1. The number of phenolic OH excluding ortho intramolecular Hbond substituents is 1. The maximum Gasteiger partial charge on any atom is 0.338 e. The van der Waals surface area contributed by atoms with E-state index in [0.29, 0.717) is 5.56 Å². The minimum absolute atomic E-state index is 0.0219. The maximum atomic E-state index is 13.0. The molecule has 0 saturated carbocycles. The van der Waals surface area contributed by atoms with Crippen molar-refractivity contribution in [2.45, 2.75) is 55.5 Å². The van der Waals surface area contributed by atoms with Crippen LogP contribution in [0.5, 0.6) is 28.7 Å². The highest BCUT2D eigenvalue weighted by atomic mass is 16.7. The number of aliphatic hydroxyl groups is 3. The van der Waals surface area contributed by atoms with Gasteiger partial charge in [0.1, 0.15) is 36.6 Å². The Kier molecular flexibility index (Phi) is 10.3. The van der Waals surface area contributed by atoms with Crippen LogP contribution in [0.25, 0.3) is 0 Å². The Hall–Kier alpha value is -4.95. The molecule has 2 aliphatic heterocycles. The van der Waals surface area contributed by atoms with Gasteiger partial charge in [-0.2, -0.15) is 0 Å². The molecule has 0 aromatic heterocycles. The van der Waals surface area contributed by atoms with E-state index in [-0.39, 0.29) is 58.7 Å². The average molecular weight is 646 g/mol. The molecule has 2 aromatic carbocycles. The minimum Gasteiger partial charge on any atom is -0.502 e. The standard InChI is InChI=1S/C30H35N3O13/c1-41-18-11-16(12-19(42-2)22(18)34)27(39)44-13-21-24(35)30(40)8-4-5-17(33-29(31)32)7-6-14-9-15(26(37)38)10-20(43-3)23(14)46-28(45-21)25(30)36/h9-12,17,21,24-25,28,34-36,40H,6-8,13H2,1-3H3,(H,37,38)(H4,31,32,33)/t17-,21-,24+,25-,28-,30+/m0/s1. The van der Waals surface area contributed by atoms with Crippen molar-refractivity contribution in [2.24, 2.45) is 16.5 Å². The minimum atomic E-state index is -2.39. The summed E-state index contributed by atoms with van der Waals surface area (Å²) in [4.78, 5) is 28.9. The molecule has 1 fully saturated rings. The lowest BCUT2D eigenvalue weighted by Gasteiger charge is -2.47. The monoisotopic (exact) mass is 645 g/mol. The third-order valence-corrected chi connectivity index (χ3v) is 7.50. The number of methoxy groups -OCH3 is 3. The zero-order valence-corrected chi connectivity index (χ0v) is 25.1. The van der Waals surface area contributed by atoms with Crippen molar-refractivity contribution in [3.63, 3.8) is 0 Å². The number of benzene rings is 2. The molecule has 16 heteroatoms. The topological polar surface area (TPSA) is 255 Å². The van der Waals surface area contributed by atoms with E-state index in [1.165, 1.54) is 45.6 Å². The van der Waals surface area contributed by atoms with Crippen LogP contribution >= 0.6 is 0 Å². The van der Waals surface area contributed by atoms with Crippen LogP contribution in [-0.2, 0) is 15.9 Å². The number of carboxylic acid groups (broad SMARTS) is 1. The third-order valence-electron chi connectivity index (χ3n) is 7.50. The zero-order chi connectivity index (χ0) is 33.8. The molecule has 2 aliphatic rings. The Labute approximate surface area is 263 Å². The van der Waals surface area contributed by atoms with Gasteiger partial charge in [-0.3, -0.25) is 0 Å². The normalized spacial score (nSPS) is 25.5. The molecule has 0 radical (unpaired) electrons. The van der Waals surface area contributed by atoms with Gasteiger partial charge in [0.25, 0.3) is 0 Å². The van der Waals surface area contributed by atoms with Crippen LogP contribution in [0, 0.1) is 11.8 Å². The van der Waals surface area contributed by atoms with Gasteiger partial charge in [-0.15, -0.1) is 0 Å². The van der Waals surface area contributed by atoms with Gasteiger partial charge < -0.3 is 65.4 Å². The zero-order valence-electron chi connectivity index (χ0n) is 25.1. The highest BCUT2D eigenvalue weighted by Crippen LogP contribution is 2.40. The maximum absolute atomic E-state index is 13.0. The van der Waals surface area contributed by atoms with E-state index in [9.17, 15) is 35.1 Å². The Morgan fingerprint density at radius 1 is 1.02 bits per heavy atom. The first-order chi connectivity index (χ1) is 21.8. The summed E-state index contributed by atoms with van der Waals surface area (Å²) >= 11 is 0. The molecule has 0 aliphatic carbocycles. The van der Waals surface area contributed by atoms with Gasteiger partial charge in [0.05, 0.1) is 32.5 Å². The molecular weight excluding hydrogens is 610 g/mol. The molecule has 2 heterocycles. The van der Waals surface area contributed by atoms with Crippen LogP contribution in [0.2, 0.25) is 0 Å². The lowest BCUT2D eigenvalue weighted by molar-refractivity contribution is -0.312. The van der Waals surface area contributed by atoms with Crippen LogP contribution in [0.1, 0.15) is 39.1 Å². The number of esters is 1. The summed E-state index contributed by atoms with van der Waals surface area (Å²) in [5.41, 5.74) is 8.86. The molecule has 0 amide bonds. The highest BCUT2D eigenvalue weighted by molar-refractivity contribution is 5.91. The molecule has 6 atom stereocenters. The fourth-order valence-corrected chi connectivity index (χ4v) is 5.06. The molecular formula is C30H35N3O13. The number of carboxylic acids is 1. The Morgan fingerprint density at radius 3 is 2.24 bits per heavy atom. The molecule has 248 valence electrons. The molecule has 4 rings (SSSR count). The lowest BCUT2D eigenvalue weighted by Crippen LogP contribution is -2.68. The molecule has 2 bridgehead atoms. The number of phenols is 1. The first kappa shape index (κ1) is 33.9. The van der Waals surface area contributed by atoms with Crippen molar-refractivity contribution in [2.75, 3.05) is 27.9 Å². The van der Waals surface area contributed by atoms with Crippen molar-refractivity contribution in [3.8, 4) is 40.6 Å². The van der Waals surface area contributed by atoms with Gasteiger partial charge >= 0.3 is 11.9 Å². The third kappa shape index (κ3) is 6.97. The van der Waals surface area contributed by atoms with Crippen molar-refractivity contribution < 1.29 is 63.5 Å². The average Bonchev–Trinajstić information content (AvgIpc) is 3.02. The van der Waals surface area contributed by atoms with E-state index < -0.39 is 61.2 Å². The Morgan fingerprint density at radius 2 is 1.65 bits per heavy atom. The number of aliphatic hydroxyl groups excluding tert-OH is 2. The fourth-order valence-electron chi connectivity index (χ4n) is 5.06. The molecule has 16 nitrogen and oxygen atoms in total. The van der Waals surface area contributed by atoms with Crippen LogP contribution in [-0.4, -0.2) is 108 Å². The van der Waals surface area contributed by atoms with Gasteiger partial charge in [-0.1, -0.05) is 11.8 Å². The summed E-state index contributed by atoms with van der Waals surface area (Å²) in [5.74, 6) is 2.55. The molecule has 46 heavy (non-hydrogen) atoms. The van der Waals surface area contributed by atoms with E-state index >= 15 is 0 Å². The number of hydrogen-bond donors (Lipinski definition) is 7. The Bertz CT molecular complexity index is 1540. The quantitative estimate of drug-likeness (QED) is 0.0827. The van der Waals surface area contributed by atoms with E-state index in [4.69, 9.17) is 39.9 Å². The van der Waals surface area contributed by atoms with Gasteiger partial charge in [0, 0.05) is 6.42 Å². The largest absolute Gasteiger partial charge is 0.502 e. The summed E-state index contributed by atoms with van der Waals surface area (Å²) in [5, 5.41) is 54.0. The first-order valence-electron chi connectivity index (χ1n) is 13.9. The summed E-state index contributed by atoms with van der Waals surface area (Å²) in [7, 11) is 3.83. The van der Waals surface area contributed by atoms with Gasteiger partial charge in [-0.05, 0) is 42.7 Å². The van der Waals surface area contributed by atoms with Crippen molar-refractivity contribution in [1.82, 2.24) is 0 Å². The van der Waals surface area contributed by atoms with Gasteiger partial charge in [-0.25, -0.2) is 14.6 Å². The smallest absolute Gasteiger partial charge is 0.338 e. The van der Waals surface area contributed by atoms with Crippen LogP contribution in [0.4, 0.5) is 0 Å². The molecule has 0 unspecified atom stereocenters. The second-order valence-electron chi connectivity index (χ2n) is 10.4. The van der Waals surface area contributed by atoms with Gasteiger partial charge in [0.15, 0.2) is 29.0 Å². The number of rotatable bonds is 8. The molecule has 1 saturated heterocycles. The first-order valence-corrected chi connectivity index (χ1v) is 13.9. The van der Waals surface area contributed by atoms with Crippen LogP contribution in [0.15, 0.2) is 29.3 Å². The number of aryl methyl sites for hydroxylation is 1. The fraction of sp³-hybridized carbons (Fsp3) is 0.433. The lowest BCUT2D eigenvalue weighted by atomic mass is 9.81.